The SMILES string of the molecule is CCc1c(C(=O)Nc2ccc(N(C)C)cc2)cnn1Cc1ccccc1. The van der Waals surface area contributed by atoms with Crippen LogP contribution < -0.4 is 10.2 Å². The lowest BCUT2D eigenvalue weighted by Gasteiger charge is -2.13. The highest BCUT2D eigenvalue weighted by atomic mass is 16.1. The topological polar surface area (TPSA) is 50.2 Å². The Bertz CT molecular complexity index is 867. The number of nitrogens with zero attached hydrogens (tertiary/aromatic N) is 3. The summed E-state index contributed by atoms with van der Waals surface area (Å²) in [4.78, 5) is 14.7. The van der Waals surface area contributed by atoms with Crippen molar-refractivity contribution in [3.05, 3.63) is 77.6 Å². The van der Waals surface area contributed by atoms with Crippen LogP contribution in [0.3, 0.4) is 0 Å². The number of nitrogens with one attached hydrogen (secondary N) is 1. The van der Waals surface area contributed by atoms with Gasteiger partial charge in [-0.2, -0.15) is 5.10 Å². The Morgan fingerprint density at radius 2 is 1.77 bits per heavy atom. The minimum Gasteiger partial charge on any atom is -0.378 e. The summed E-state index contributed by atoms with van der Waals surface area (Å²) in [6.45, 7) is 2.70. The van der Waals surface area contributed by atoms with Crippen molar-refractivity contribution in [2.75, 3.05) is 24.3 Å². The van der Waals surface area contributed by atoms with Gasteiger partial charge < -0.3 is 10.2 Å². The molecule has 0 aliphatic rings. The lowest BCUT2D eigenvalue weighted by atomic mass is 10.1. The number of hydrogen-bond donors (Lipinski definition) is 1. The lowest BCUT2D eigenvalue weighted by Crippen LogP contribution is -2.15. The molecule has 1 heterocycles. The van der Waals surface area contributed by atoms with Gasteiger partial charge in [-0.05, 0) is 36.2 Å². The van der Waals surface area contributed by atoms with Gasteiger partial charge in [-0.25, -0.2) is 0 Å². The largest absolute Gasteiger partial charge is 0.378 e. The number of carbonyl (C=O) groups excluding carboxylic acids is 1. The molecule has 5 heteroatoms. The smallest absolute Gasteiger partial charge is 0.259 e. The molecular weight excluding hydrogens is 324 g/mol. The number of carbonyl (C=O) groups is 1. The molecule has 5 nitrogen and oxygen atoms in total. The molecule has 134 valence electrons. The normalized spacial score (nSPS) is 10.6. The van der Waals surface area contributed by atoms with E-state index in [0.29, 0.717) is 12.1 Å². The van der Waals surface area contributed by atoms with E-state index < -0.39 is 0 Å². The molecule has 1 N–H and O–H groups in total. The zero-order valence-electron chi connectivity index (χ0n) is 15.4. The van der Waals surface area contributed by atoms with E-state index >= 15 is 0 Å². The number of hydrogen-bond acceptors (Lipinski definition) is 3. The van der Waals surface area contributed by atoms with Crippen molar-refractivity contribution in [3.63, 3.8) is 0 Å². The highest BCUT2D eigenvalue weighted by Crippen LogP contribution is 2.18. The Balaban J connectivity index is 1.77. The first-order valence-electron chi connectivity index (χ1n) is 8.76. The van der Waals surface area contributed by atoms with E-state index in [0.717, 1.165) is 29.1 Å². The van der Waals surface area contributed by atoms with E-state index in [1.165, 1.54) is 0 Å². The first-order valence-corrected chi connectivity index (χ1v) is 8.76. The molecule has 0 spiro atoms. The number of anilines is 2. The minimum absolute atomic E-state index is 0.126. The molecule has 1 aromatic heterocycles. The van der Waals surface area contributed by atoms with Crippen molar-refractivity contribution >= 4 is 17.3 Å². The molecule has 0 saturated carbocycles. The van der Waals surface area contributed by atoms with Crippen LogP contribution in [-0.4, -0.2) is 29.8 Å². The van der Waals surface area contributed by atoms with Crippen LogP contribution in [0.25, 0.3) is 0 Å². The van der Waals surface area contributed by atoms with Crippen molar-refractivity contribution in [2.24, 2.45) is 0 Å². The van der Waals surface area contributed by atoms with Crippen LogP contribution in [0.2, 0.25) is 0 Å². The molecular formula is C21H24N4O. The fourth-order valence-corrected chi connectivity index (χ4v) is 2.91. The molecule has 2 aromatic carbocycles. The van der Waals surface area contributed by atoms with Crippen LogP contribution >= 0.6 is 0 Å². The molecule has 3 aromatic rings. The predicted molar refractivity (Wildman–Crippen MR) is 106 cm³/mol. The van der Waals surface area contributed by atoms with Crippen molar-refractivity contribution in [3.8, 4) is 0 Å². The second-order valence-corrected chi connectivity index (χ2v) is 6.40. The average molecular weight is 348 g/mol. The monoisotopic (exact) mass is 348 g/mol. The van der Waals surface area contributed by atoms with Gasteiger partial charge in [0.1, 0.15) is 0 Å². The van der Waals surface area contributed by atoms with Crippen molar-refractivity contribution in [2.45, 2.75) is 19.9 Å². The quantitative estimate of drug-likeness (QED) is 0.737. The maximum absolute atomic E-state index is 12.7. The van der Waals surface area contributed by atoms with Crippen molar-refractivity contribution < 1.29 is 4.79 Å². The Kier molecular flexibility index (Phi) is 5.37. The van der Waals surface area contributed by atoms with Crippen LogP contribution in [0.4, 0.5) is 11.4 Å². The molecule has 26 heavy (non-hydrogen) atoms. The summed E-state index contributed by atoms with van der Waals surface area (Å²) in [6, 6.07) is 17.9. The van der Waals surface area contributed by atoms with E-state index in [2.05, 4.69) is 22.5 Å². The highest BCUT2D eigenvalue weighted by molar-refractivity contribution is 6.05. The molecule has 3 rings (SSSR count). The zero-order chi connectivity index (χ0) is 18.5. The fraction of sp³-hybridized carbons (Fsp3) is 0.238. The highest BCUT2D eigenvalue weighted by Gasteiger charge is 2.16. The Morgan fingerprint density at radius 1 is 1.08 bits per heavy atom. The molecule has 0 radical (unpaired) electrons. The Morgan fingerprint density at radius 3 is 2.38 bits per heavy atom. The molecule has 0 aliphatic heterocycles. The van der Waals surface area contributed by atoms with Gasteiger partial charge in [-0.3, -0.25) is 9.48 Å². The first-order chi connectivity index (χ1) is 12.6. The van der Waals surface area contributed by atoms with Gasteiger partial charge in [0.05, 0.1) is 24.0 Å². The van der Waals surface area contributed by atoms with Crippen molar-refractivity contribution in [1.82, 2.24) is 9.78 Å². The molecule has 0 unspecified atom stereocenters. The fourth-order valence-electron chi connectivity index (χ4n) is 2.91. The van der Waals surface area contributed by atoms with E-state index in [1.54, 1.807) is 6.20 Å². The first kappa shape index (κ1) is 17.7. The van der Waals surface area contributed by atoms with E-state index in [-0.39, 0.29) is 5.91 Å². The van der Waals surface area contributed by atoms with E-state index in [9.17, 15) is 4.79 Å². The van der Waals surface area contributed by atoms with Crippen LogP contribution in [0.5, 0.6) is 0 Å². The molecule has 0 fully saturated rings. The summed E-state index contributed by atoms with van der Waals surface area (Å²) in [7, 11) is 3.98. The van der Waals surface area contributed by atoms with Crippen LogP contribution in [0, 0.1) is 0 Å². The molecule has 0 atom stereocenters. The number of amides is 1. The summed E-state index contributed by atoms with van der Waals surface area (Å²) in [5.41, 5.74) is 4.60. The third kappa shape index (κ3) is 3.94. The van der Waals surface area contributed by atoms with Crippen LogP contribution in [0.15, 0.2) is 60.8 Å². The minimum atomic E-state index is -0.126. The van der Waals surface area contributed by atoms with Gasteiger partial charge in [0, 0.05) is 25.5 Å². The van der Waals surface area contributed by atoms with Crippen LogP contribution in [-0.2, 0) is 13.0 Å². The van der Waals surface area contributed by atoms with Gasteiger partial charge >= 0.3 is 0 Å². The molecule has 0 aliphatic carbocycles. The van der Waals surface area contributed by atoms with E-state index in [4.69, 9.17) is 0 Å². The second-order valence-electron chi connectivity index (χ2n) is 6.40. The summed E-state index contributed by atoms with van der Waals surface area (Å²) in [6.07, 6.45) is 2.40. The average Bonchev–Trinajstić information content (AvgIpc) is 3.05. The maximum atomic E-state index is 12.7. The van der Waals surface area contributed by atoms with Gasteiger partial charge in [0.15, 0.2) is 0 Å². The molecule has 1 amide bonds. The summed E-state index contributed by atoms with van der Waals surface area (Å²) < 4.78 is 1.90. The molecule has 0 saturated heterocycles. The van der Waals surface area contributed by atoms with Crippen LogP contribution in [0.1, 0.15) is 28.5 Å². The van der Waals surface area contributed by atoms with Gasteiger partial charge in [0.25, 0.3) is 5.91 Å². The summed E-state index contributed by atoms with van der Waals surface area (Å²) in [5.74, 6) is -0.126. The standard InChI is InChI=1S/C21H24N4O/c1-4-20-19(14-22-25(20)15-16-8-6-5-7-9-16)21(26)23-17-10-12-18(13-11-17)24(2)3/h5-14H,4,15H2,1-3H3,(H,23,26). The van der Waals surface area contributed by atoms with Gasteiger partial charge in [0.2, 0.25) is 0 Å². The van der Waals surface area contributed by atoms with Gasteiger partial charge in [-0.15, -0.1) is 0 Å². The zero-order valence-corrected chi connectivity index (χ0v) is 15.4. The number of aromatic nitrogens is 2. The Hall–Kier alpha value is -3.08. The summed E-state index contributed by atoms with van der Waals surface area (Å²) >= 11 is 0. The predicted octanol–water partition coefficient (Wildman–Crippen LogP) is 3.81. The summed E-state index contributed by atoms with van der Waals surface area (Å²) in [5, 5.41) is 7.40. The second kappa shape index (κ2) is 7.87. The Labute approximate surface area is 154 Å². The number of benzene rings is 2. The third-order valence-electron chi connectivity index (χ3n) is 4.34. The maximum Gasteiger partial charge on any atom is 0.259 e. The van der Waals surface area contributed by atoms with E-state index in [1.807, 2.05) is 73.1 Å². The van der Waals surface area contributed by atoms with Gasteiger partial charge in [-0.1, -0.05) is 37.3 Å². The number of rotatable bonds is 6. The molecule has 0 bridgehead atoms. The van der Waals surface area contributed by atoms with Crippen molar-refractivity contribution in [1.29, 1.82) is 0 Å². The lowest BCUT2D eigenvalue weighted by molar-refractivity contribution is 0.102. The third-order valence-corrected chi connectivity index (χ3v) is 4.34.